The lowest BCUT2D eigenvalue weighted by atomic mass is 9.79. The first-order valence-corrected chi connectivity index (χ1v) is 8.32. The lowest BCUT2D eigenvalue weighted by Crippen LogP contribution is -2.41. The van der Waals surface area contributed by atoms with Crippen molar-refractivity contribution >= 4 is 24.3 Å². The molecule has 1 aliphatic heterocycles. The van der Waals surface area contributed by atoms with Crippen LogP contribution in [0, 0.1) is 0 Å². The van der Waals surface area contributed by atoms with Crippen LogP contribution in [0.25, 0.3) is 0 Å². The van der Waals surface area contributed by atoms with Crippen molar-refractivity contribution in [2.45, 2.75) is 38.9 Å². The van der Waals surface area contributed by atoms with Crippen LogP contribution in [0.3, 0.4) is 0 Å². The maximum atomic E-state index is 6.02. The van der Waals surface area contributed by atoms with Crippen LogP contribution in [0.2, 0.25) is 0 Å². The number of thioether (sulfide) groups is 1. The molecule has 20 heavy (non-hydrogen) atoms. The van der Waals surface area contributed by atoms with Crippen LogP contribution in [-0.2, 0) is 9.31 Å². The highest BCUT2D eigenvalue weighted by Gasteiger charge is 2.51. The lowest BCUT2D eigenvalue weighted by Gasteiger charge is -2.32. The van der Waals surface area contributed by atoms with E-state index in [4.69, 9.17) is 14.0 Å². The van der Waals surface area contributed by atoms with Crippen molar-refractivity contribution in [3.8, 4) is 5.75 Å². The third-order valence-corrected chi connectivity index (χ3v) is 4.54. The smallest absolute Gasteiger partial charge is 0.493 e. The molecule has 0 bridgehead atoms. The molecule has 1 aliphatic rings. The van der Waals surface area contributed by atoms with Crippen LogP contribution in [0.4, 0.5) is 0 Å². The first-order valence-electron chi connectivity index (χ1n) is 6.93. The molecule has 1 aromatic rings. The fourth-order valence-electron chi connectivity index (χ4n) is 1.94. The molecule has 1 fully saturated rings. The van der Waals surface area contributed by atoms with Gasteiger partial charge in [-0.25, -0.2) is 0 Å². The first-order chi connectivity index (χ1) is 9.36. The molecule has 0 aromatic heterocycles. The van der Waals surface area contributed by atoms with Crippen LogP contribution >= 0.6 is 11.8 Å². The molecule has 0 spiro atoms. The molecule has 2 rings (SSSR count). The summed E-state index contributed by atoms with van der Waals surface area (Å²) in [5, 5.41) is 0. The van der Waals surface area contributed by atoms with Crippen molar-refractivity contribution in [2.75, 3.05) is 18.6 Å². The third-order valence-electron chi connectivity index (χ3n) is 3.96. The predicted molar refractivity (Wildman–Crippen MR) is 86.0 cm³/mol. The monoisotopic (exact) mass is 294 g/mol. The Morgan fingerprint density at radius 2 is 1.60 bits per heavy atom. The second kappa shape index (κ2) is 6.00. The molecule has 1 heterocycles. The van der Waals surface area contributed by atoms with E-state index in [-0.39, 0.29) is 18.3 Å². The molecule has 0 amide bonds. The predicted octanol–water partition coefficient (Wildman–Crippen LogP) is 2.73. The van der Waals surface area contributed by atoms with E-state index in [1.165, 1.54) is 0 Å². The average molecular weight is 294 g/mol. The van der Waals surface area contributed by atoms with Crippen molar-refractivity contribution in [3.63, 3.8) is 0 Å². The zero-order valence-electron chi connectivity index (χ0n) is 12.9. The van der Waals surface area contributed by atoms with Crippen LogP contribution < -0.4 is 10.2 Å². The molecule has 110 valence electrons. The minimum atomic E-state index is -0.305. The van der Waals surface area contributed by atoms with E-state index in [1.54, 1.807) is 11.8 Å². The summed E-state index contributed by atoms with van der Waals surface area (Å²) in [6, 6.07) is 7.97. The second-order valence-corrected chi connectivity index (χ2v) is 6.98. The van der Waals surface area contributed by atoms with Gasteiger partial charge in [-0.3, -0.25) is 0 Å². The van der Waals surface area contributed by atoms with Gasteiger partial charge in [-0.2, -0.15) is 11.8 Å². The summed E-state index contributed by atoms with van der Waals surface area (Å²) in [5.41, 5.74) is 0.428. The second-order valence-electron chi connectivity index (χ2n) is 6.00. The fraction of sp³-hybridized carbons (Fsp3) is 0.600. The molecule has 5 heteroatoms. The summed E-state index contributed by atoms with van der Waals surface area (Å²) >= 11 is 1.78. The highest BCUT2D eigenvalue weighted by Crippen LogP contribution is 2.36. The molecule has 1 aromatic carbocycles. The highest BCUT2D eigenvalue weighted by atomic mass is 32.2. The third kappa shape index (κ3) is 3.33. The van der Waals surface area contributed by atoms with E-state index in [9.17, 15) is 0 Å². The van der Waals surface area contributed by atoms with Crippen molar-refractivity contribution in [1.82, 2.24) is 0 Å². The molecule has 0 N–H and O–H groups in total. The quantitative estimate of drug-likeness (QED) is 0.616. The van der Waals surface area contributed by atoms with Gasteiger partial charge < -0.3 is 14.0 Å². The minimum Gasteiger partial charge on any atom is -0.493 e. The van der Waals surface area contributed by atoms with Gasteiger partial charge in [-0.1, -0.05) is 12.1 Å². The van der Waals surface area contributed by atoms with Gasteiger partial charge in [0.15, 0.2) is 0 Å². The van der Waals surface area contributed by atoms with Gasteiger partial charge in [-0.15, -0.1) is 0 Å². The van der Waals surface area contributed by atoms with Gasteiger partial charge in [0.1, 0.15) is 5.75 Å². The SMILES string of the molecule is CSCCOc1ccc(B2OC(C)(C)C(C)(C)O2)cc1. The molecular weight excluding hydrogens is 271 g/mol. The largest absolute Gasteiger partial charge is 0.494 e. The average Bonchev–Trinajstić information content (AvgIpc) is 2.60. The Bertz CT molecular complexity index is 429. The van der Waals surface area contributed by atoms with Gasteiger partial charge in [0.2, 0.25) is 0 Å². The van der Waals surface area contributed by atoms with Crippen molar-refractivity contribution in [3.05, 3.63) is 24.3 Å². The maximum absolute atomic E-state index is 6.02. The number of rotatable bonds is 5. The van der Waals surface area contributed by atoms with Crippen molar-refractivity contribution in [2.24, 2.45) is 0 Å². The Kier molecular flexibility index (Phi) is 4.72. The fourth-order valence-corrected chi connectivity index (χ4v) is 2.19. The van der Waals surface area contributed by atoms with E-state index >= 15 is 0 Å². The number of hydrogen-bond donors (Lipinski definition) is 0. The molecule has 0 saturated carbocycles. The first kappa shape index (κ1) is 15.7. The summed E-state index contributed by atoms with van der Waals surface area (Å²) < 4.78 is 17.7. The maximum Gasteiger partial charge on any atom is 0.494 e. The van der Waals surface area contributed by atoms with Gasteiger partial charge in [-0.05, 0) is 51.5 Å². The zero-order chi connectivity index (χ0) is 14.8. The topological polar surface area (TPSA) is 27.7 Å². The summed E-state index contributed by atoms with van der Waals surface area (Å²) in [5.74, 6) is 1.89. The minimum absolute atomic E-state index is 0.300. The Morgan fingerprint density at radius 3 is 2.10 bits per heavy atom. The summed E-state index contributed by atoms with van der Waals surface area (Å²) in [6.07, 6.45) is 2.07. The van der Waals surface area contributed by atoms with E-state index in [0.29, 0.717) is 0 Å². The lowest BCUT2D eigenvalue weighted by molar-refractivity contribution is 0.00578. The summed E-state index contributed by atoms with van der Waals surface area (Å²) in [4.78, 5) is 0. The van der Waals surface area contributed by atoms with Gasteiger partial charge in [0.05, 0.1) is 17.8 Å². The summed E-state index contributed by atoms with van der Waals surface area (Å²) in [6.45, 7) is 8.98. The Labute approximate surface area is 126 Å². The van der Waals surface area contributed by atoms with E-state index in [2.05, 4.69) is 34.0 Å². The van der Waals surface area contributed by atoms with E-state index in [0.717, 1.165) is 23.6 Å². The molecule has 1 saturated heterocycles. The van der Waals surface area contributed by atoms with Gasteiger partial charge >= 0.3 is 7.12 Å². The molecule has 0 radical (unpaired) electrons. The number of ether oxygens (including phenoxy) is 1. The normalized spacial score (nSPS) is 20.1. The highest BCUT2D eigenvalue weighted by molar-refractivity contribution is 7.98. The van der Waals surface area contributed by atoms with Gasteiger partial charge in [0.25, 0.3) is 0 Å². The van der Waals surface area contributed by atoms with Crippen LogP contribution in [-0.4, -0.2) is 36.9 Å². The standard InChI is InChI=1S/C15H23BO3S/c1-14(2)15(3,4)19-16(18-14)12-6-8-13(9-7-12)17-10-11-20-5/h6-9H,10-11H2,1-5H3. The van der Waals surface area contributed by atoms with Gasteiger partial charge in [0, 0.05) is 5.75 Å². The number of hydrogen-bond acceptors (Lipinski definition) is 4. The van der Waals surface area contributed by atoms with Crippen molar-refractivity contribution in [1.29, 1.82) is 0 Å². The van der Waals surface area contributed by atoms with E-state index in [1.807, 2.05) is 24.3 Å². The summed E-state index contributed by atoms with van der Waals surface area (Å²) in [7, 11) is -0.305. The van der Waals surface area contributed by atoms with Crippen molar-refractivity contribution < 1.29 is 14.0 Å². The van der Waals surface area contributed by atoms with Crippen LogP contribution in [0.5, 0.6) is 5.75 Å². The van der Waals surface area contributed by atoms with Crippen LogP contribution in [0.1, 0.15) is 27.7 Å². The zero-order valence-corrected chi connectivity index (χ0v) is 13.8. The van der Waals surface area contributed by atoms with Crippen LogP contribution in [0.15, 0.2) is 24.3 Å². The molecule has 3 nitrogen and oxygen atoms in total. The number of benzene rings is 1. The molecule has 0 atom stereocenters. The Hall–Kier alpha value is -0.645. The molecule has 0 aliphatic carbocycles. The Morgan fingerprint density at radius 1 is 1.05 bits per heavy atom. The Balaban J connectivity index is 2.01. The molecule has 0 unspecified atom stereocenters. The molecular formula is C15H23BO3S. The van der Waals surface area contributed by atoms with E-state index < -0.39 is 0 Å².